The lowest BCUT2D eigenvalue weighted by Crippen LogP contribution is -2.48. The van der Waals surface area contributed by atoms with E-state index in [2.05, 4.69) is 15.9 Å². The summed E-state index contributed by atoms with van der Waals surface area (Å²) in [6, 6.07) is 3.48. The fourth-order valence-corrected chi connectivity index (χ4v) is 3.17. The Bertz CT molecular complexity index is 525. The zero-order chi connectivity index (χ0) is 15.6. The van der Waals surface area contributed by atoms with Crippen LogP contribution in [0.25, 0.3) is 0 Å². The lowest BCUT2D eigenvalue weighted by molar-refractivity contribution is -0.0586. The van der Waals surface area contributed by atoms with Gasteiger partial charge in [-0.1, -0.05) is 0 Å². The number of hydrogen-bond acceptors (Lipinski definition) is 4. The average Bonchev–Trinajstić information content (AvgIpc) is 2.44. The topological polar surface area (TPSA) is 48.0 Å². The van der Waals surface area contributed by atoms with Crippen molar-refractivity contribution >= 4 is 21.8 Å². The largest absolute Gasteiger partial charge is 0.497 e. The molecule has 1 aromatic rings. The van der Waals surface area contributed by atoms with Gasteiger partial charge in [0.25, 0.3) is 5.91 Å². The second-order valence-corrected chi connectivity index (χ2v) is 6.01. The molecule has 2 atom stereocenters. The van der Waals surface area contributed by atoms with E-state index in [1.807, 2.05) is 13.8 Å². The van der Waals surface area contributed by atoms with Crippen LogP contribution in [0.4, 0.5) is 0 Å². The quantitative estimate of drug-likeness (QED) is 0.834. The van der Waals surface area contributed by atoms with Crippen molar-refractivity contribution in [3.8, 4) is 11.5 Å². The van der Waals surface area contributed by atoms with Crippen molar-refractivity contribution < 1.29 is 19.0 Å². The number of carbonyl (C=O) groups excluding carboxylic acids is 1. The number of hydrogen-bond donors (Lipinski definition) is 0. The maximum Gasteiger partial charge on any atom is 0.257 e. The maximum atomic E-state index is 12.8. The summed E-state index contributed by atoms with van der Waals surface area (Å²) in [6.07, 6.45) is 0.0514. The Balaban J connectivity index is 2.35. The van der Waals surface area contributed by atoms with E-state index in [0.717, 1.165) is 0 Å². The van der Waals surface area contributed by atoms with Gasteiger partial charge in [0.2, 0.25) is 0 Å². The zero-order valence-corrected chi connectivity index (χ0v) is 14.3. The molecule has 1 heterocycles. The molecular formula is C15H20BrNO4. The molecule has 2 rings (SSSR count). The number of carbonyl (C=O) groups is 1. The van der Waals surface area contributed by atoms with E-state index in [-0.39, 0.29) is 18.1 Å². The highest BCUT2D eigenvalue weighted by atomic mass is 79.9. The Labute approximate surface area is 133 Å². The molecule has 0 unspecified atom stereocenters. The molecule has 1 aliphatic heterocycles. The summed E-state index contributed by atoms with van der Waals surface area (Å²) in [5.41, 5.74) is 0.491. The van der Waals surface area contributed by atoms with E-state index in [1.54, 1.807) is 31.3 Å². The van der Waals surface area contributed by atoms with E-state index >= 15 is 0 Å². The van der Waals surface area contributed by atoms with Crippen molar-refractivity contribution in [3.63, 3.8) is 0 Å². The molecule has 1 fully saturated rings. The normalized spacial score (nSPS) is 22.0. The summed E-state index contributed by atoms with van der Waals surface area (Å²) in [5.74, 6) is 1.06. The Kier molecular flexibility index (Phi) is 5.11. The summed E-state index contributed by atoms with van der Waals surface area (Å²) in [6.45, 7) is 5.08. The van der Waals surface area contributed by atoms with E-state index in [9.17, 15) is 4.79 Å². The molecule has 1 aliphatic rings. The summed E-state index contributed by atoms with van der Waals surface area (Å²) >= 11 is 3.41. The summed E-state index contributed by atoms with van der Waals surface area (Å²) < 4.78 is 17.0. The molecule has 0 radical (unpaired) electrons. The van der Waals surface area contributed by atoms with E-state index < -0.39 is 0 Å². The summed E-state index contributed by atoms with van der Waals surface area (Å²) in [4.78, 5) is 14.6. The number of methoxy groups -OCH3 is 2. The first kappa shape index (κ1) is 16.1. The zero-order valence-electron chi connectivity index (χ0n) is 12.7. The molecule has 0 aliphatic carbocycles. The van der Waals surface area contributed by atoms with Gasteiger partial charge in [0.05, 0.1) is 36.5 Å². The first-order valence-corrected chi connectivity index (χ1v) is 7.61. The van der Waals surface area contributed by atoms with Crippen molar-refractivity contribution in [2.24, 2.45) is 0 Å². The molecule has 1 amide bonds. The highest BCUT2D eigenvalue weighted by molar-refractivity contribution is 9.10. The van der Waals surface area contributed by atoms with Gasteiger partial charge in [0.1, 0.15) is 11.5 Å². The lowest BCUT2D eigenvalue weighted by Gasteiger charge is -2.35. The number of ether oxygens (including phenoxy) is 3. The predicted molar refractivity (Wildman–Crippen MR) is 83.2 cm³/mol. The van der Waals surface area contributed by atoms with Crippen LogP contribution in [0.1, 0.15) is 24.2 Å². The molecule has 6 heteroatoms. The van der Waals surface area contributed by atoms with Crippen LogP contribution in [0.5, 0.6) is 11.5 Å². The van der Waals surface area contributed by atoms with Crippen LogP contribution in [-0.2, 0) is 4.74 Å². The molecular weight excluding hydrogens is 338 g/mol. The van der Waals surface area contributed by atoms with Crippen LogP contribution < -0.4 is 9.47 Å². The fraction of sp³-hybridized carbons (Fsp3) is 0.533. The highest BCUT2D eigenvalue weighted by Gasteiger charge is 2.29. The molecule has 0 aromatic heterocycles. The number of amides is 1. The number of morpholine rings is 1. The second-order valence-electron chi connectivity index (χ2n) is 5.16. The van der Waals surface area contributed by atoms with E-state index in [4.69, 9.17) is 14.2 Å². The van der Waals surface area contributed by atoms with Crippen LogP contribution in [-0.4, -0.2) is 50.3 Å². The maximum absolute atomic E-state index is 12.8. The SMILES string of the molecule is COc1cc(Br)c(OC)c(C(=O)N2C[C@@H](C)O[C@H](C)C2)c1. The number of nitrogens with zero attached hydrogens (tertiary/aromatic N) is 1. The molecule has 1 saturated heterocycles. The Hall–Kier alpha value is -1.27. The number of rotatable bonds is 3. The number of halogens is 1. The standard InChI is InChI=1S/C15H20BrNO4/c1-9-7-17(8-10(2)21-9)15(18)12-5-11(19-3)6-13(16)14(12)20-4/h5-6,9-10H,7-8H2,1-4H3/t9-,10-/m1/s1. The monoisotopic (exact) mass is 357 g/mol. The summed E-state index contributed by atoms with van der Waals surface area (Å²) in [7, 11) is 3.12. The van der Waals surface area contributed by atoms with Crippen LogP contribution in [0.15, 0.2) is 16.6 Å². The molecule has 0 bridgehead atoms. The van der Waals surface area contributed by atoms with Crippen LogP contribution in [0.3, 0.4) is 0 Å². The van der Waals surface area contributed by atoms with Gasteiger partial charge in [-0.2, -0.15) is 0 Å². The molecule has 1 aromatic carbocycles. The highest BCUT2D eigenvalue weighted by Crippen LogP contribution is 2.34. The smallest absolute Gasteiger partial charge is 0.257 e. The van der Waals surface area contributed by atoms with Crippen molar-refractivity contribution in [3.05, 3.63) is 22.2 Å². The van der Waals surface area contributed by atoms with Crippen LogP contribution in [0, 0.1) is 0 Å². The van der Waals surface area contributed by atoms with Crippen molar-refractivity contribution in [2.75, 3.05) is 27.3 Å². The first-order valence-electron chi connectivity index (χ1n) is 6.82. The Morgan fingerprint density at radius 1 is 1.24 bits per heavy atom. The van der Waals surface area contributed by atoms with Gasteiger partial charge in [-0.15, -0.1) is 0 Å². The predicted octanol–water partition coefficient (Wildman–Crippen LogP) is 2.72. The second kappa shape index (κ2) is 6.66. The van der Waals surface area contributed by atoms with Gasteiger partial charge >= 0.3 is 0 Å². The lowest BCUT2D eigenvalue weighted by atomic mass is 10.1. The average molecular weight is 358 g/mol. The number of benzene rings is 1. The minimum absolute atomic E-state index is 0.0257. The van der Waals surface area contributed by atoms with E-state index in [1.165, 1.54) is 0 Å². The van der Waals surface area contributed by atoms with Crippen molar-refractivity contribution in [1.29, 1.82) is 0 Å². The minimum Gasteiger partial charge on any atom is -0.497 e. The fourth-order valence-electron chi connectivity index (χ4n) is 2.57. The van der Waals surface area contributed by atoms with E-state index in [0.29, 0.717) is 34.6 Å². The van der Waals surface area contributed by atoms with Crippen LogP contribution in [0.2, 0.25) is 0 Å². The van der Waals surface area contributed by atoms with Crippen molar-refractivity contribution in [1.82, 2.24) is 4.90 Å². The van der Waals surface area contributed by atoms with Crippen molar-refractivity contribution in [2.45, 2.75) is 26.1 Å². The minimum atomic E-state index is -0.0755. The van der Waals surface area contributed by atoms with Gasteiger partial charge in [-0.25, -0.2) is 0 Å². The van der Waals surface area contributed by atoms with Gasteiger partial charge < -0.3 is 19.1 Å². The molecule has 116 valence electrons. The van der Waals surface area contributed by atoms with Crippen LogP contribution >= 0.6 is 15.9 Å². The Morgan fingerprint density at radius 3 is 2.38 bits per heavy atom. The Morgan fingerprint density at radius 2 is 1.86 bits per heavy atom. The molecule has 0 N–H and O–H groups in total. The third kappa shape index (κ3) is 3.49. The first-order chi connectivity index (χ1) is 9.96. The van der Waals surface area contributed by atoms with Gasteiger partial charge in [-0.05, 0) is 41.9 Å². The van der Waals surface area contributed by atoms with Gasteiger partial charge in [-0.3, -0.25) is 4.79 Å². The van der Waals surface area contributed by atoms with Gasteiger partial charge in [0.15, 0.2) is 0 Å². The molecule has 21 heavy (non-hydrogen) atoms. The molecule has 0 saturated carbocycles. The third-order valence-electron chi connectivity index (χ3n) is 3.39. The molecule has 0 spiro atoms. The third-order valence-corrected chi connectivity index (χ3v) is 3.98. The van der Waals surface area contributed by atoms with Gasteiger partial charge in [0, 0.05) is 13.1 Å². The summed E-state index contributed by atoms with van der Waals surface area (Å²) in [5, 5.41) is 0. The molecule has 5 nitrogen and oxygen atoms in total.